The maximum absolute atomic E-state index is 5.86. The lowest BCUT2D eigenvalue weighted by molar-refractivity contribution is 0.434. The summed E-state index contributed by atoms with van der Waals surface area (Å²) < 4.78 is 5.86. The lowest BCUT2D eigenvalue weighted by atomic mass is 10.1. The van der Waals surface area contributed by atoms with Gasteiger partial charge in [-0.2, -0.15) is 0 Å². The number of hydrogen-bond acceptors (Lipinski definition) is 0. The molecule has 0 bridgehead atoms. The summed E-state index contributed by atoms with van der Waals surface area (Å²) in [5, 5.41) is 0. The van der Waals surface area contributed by atoms with Crippen molar-refractivity contribution in [3.63, 3.8) is 0 Å². The highest BCUT2D eigenvalue weighted by atomic mass is 16.3. The summed E-state index contributed by atoms with van der Waals surface area (Å²) >= 11 is 0. The average molecular weight is 207 g/mol. The van der Waals surface area contributed by atoms with Crippen LogP contribution in [0.3, 0.4) is 0 Å². The molecular formula is C14H23O+. The largest absolute Gasteiger partial charge is 0.329 e. The van der Waals surface area contributed by atoms with Gasteiger partial charge in [0, 0.05) is 12.1 Å². The molecule has 1 aromatic heterocycles. The van der Waals surface area contributed by atoms with Gasteiger partial charge in [0.25, 0.3) is 0 Å². The van der Waals surface area contributed by atoms with Crippen molar-refractivity contribution in [3.8, 4) is 0 Å². The smallest absolute Gasteiger partial charge is 0.218 e. The number of aryl methyl sites for hydroxylation is 3. The summed E-state index contributed by atoms with van der Waals surface area (Å²) in [5.74, 6) is 2.31. The van der Waals surface area contributed by atoms with E-state index < -0.39 is 0 Å². The van der Waals surface area contributed by atoms with E-state index in [0.717, 1.165) is 24.4 Å². The zero-order valence-electron chi connectivity index (χ0n) is 10.3. The molecule has 1 heteroatoms. The fourth-order valence-corrected chi connectivity index (χ4v) is 1.73. The Balaban J connectivity index is 2.66. The van der Waals surface area contributed by atoms with Crippen molar-refractivity contribution in [2.24, 2.45) is 0 Å². The molecule has 0 aliphatic rings. The first-order chi connectivity index (χ1) is 7.26. The van der Waals surface area contributed by atoms with E-state index in [0.29, 0.717) is 0 Å². The van der Waals surface area contributed by atoms with E-state index in [1.54, 1.807) is 0 Å². The van der Waals surface area contributed by atoms with E-state index in [-0.39, 0.29) is 0 Å². The third-order valence-electron chi connectivity index (χ3n) is 2.59. The highest BCUT2D eigenvalue weighted by molar-refractivity contribution is 5.16. The van der Waals surface area contributed by atoms with Crippen LogP contribution in [-0.4, -0.2) is 0 Å². The predicted molar refractivity (Wildman–Crippen MR) is 65.1 cm³/mol. The van der Waals surface area contributed by atoms with E-state index in [9.17, 15) is 0 Å². The van der Waals surface area contributed by atoms with Crippen LogP contribution in [0.4, 0.5) is 0 Å². The van der Waals surface area contributed by atoms with Gasteiger partial charge in [-0.3, -0.25) is 0 Å². The second kappa shape index (κ2) is 6.60. The van der Waals surface area contributed by atoms with E-state index in [1.807, 2.05) is 0 Å². The summed E-state index contributed by atoms with van der Waals surface area (Å²) in [6, 6.07) is 4.34. The number of rotatable bonds is 6. The molecule has 0 aliphatic heterocycles. The Hall–Kier alpha value is -0.850. The molecule has 1 nitrogen and oxygen atoms in total. The van der Waals surface area contributed by atoms with Crippen molar-refractivity contribution in [1.82, 2.24) is 0 Å². The number of hydrogen-bond donors (Lipinski definition) is 0. The zero-order valence-corrected chi connectivity index (χ0v) is 10.3. The molecule has 0 N–H and O–H groups in total. The fraction of sp³-hybridized carbons (Fsp3) is 0.643. The maximum Gasteiger partial charge on any atom is 0.329 e. The van der Waals surface area contributed by atoms with Gasteiger partial charge in [-0.05, 0) is 25.3 Å². The zero-order chi connectivity index (χ0) is 11.1. The van der Waals surface area contributed by atoms with Crippen LogP contribution in [0.2, 0.25) is 0 Å². The van der Waals surface area contributed by atoms with Crippen molar-refractivity contribution in [1.29, 1.82) is 0 Å². The van der Waals surface area contributed by atoms with Crippen molar-refractivity contribution in [2.45, 2.75) is 59.3 Å². The Bertz CT molecular complexity index is 265. The van der Waals surface area contributed by atoms with Gasteiger partial charge in [0.15, 0.2) is 0 Å². The van der Waals surface area contributed by atoms with Gasteiger partial charge in [0.05, 0.1) is 12.8 Å². The van der Waals surface area contributed by atoms with Gasteiger partial charge in [-0.25, -0.2) is 4.42 Å². The third-order valence-corrected chi connectivity index (χ3v) is 2.59. The first kappa shape index (κ1) is 12.2. The van der Waals surface area contributed by atoms with Crippen LogP contribution < -0.4 is 0 Å². The van der Waals surface area contributed by atoms with Crippen molar-refractivity contribution in [3.05, 3.63) is 29.2 Å². The molecule has 84 valence electrons. The quantitative estimate of drug-likeness (QED) is 0.623. The molecule has 0 aromatic carbocycles. The number of unbranched alkanes of at least 4 members (excludes halogenated alkanes) is 2. The third kappa shape index (κ3) is 4.46. The minimum Gasteiger partial charge on any atom is -0.218 e. The molecule has 0 atom stereocenters. The van der Waals surface area contributed by atoms with Crippen molar-refractivity contribution in [2.75, 3.05) is 0 Å². The molecule has 0 amide bonds. The Morgan fingerprint density at radius 3 is 1.80 bits per heavy atom. The van der Waals surface area contributed by atoms with Gasteiger partial charge in [-0.15, -0.1) is 0 Å². The Labute approximate surface area is 93.5 Å². The average Bonchev–Trinajstić information content (AvgIpc) is 2.23. The first-order valence-corrected chi connectivity index (χ1v) is 6.18. The molecule has 0 saturated heterocycles. The van der Waals surface area contributed by atoms with E-state index >= 15 is 0 Å². The second-order valence-electron chi connectivity index (χ2n) is 4.27. The summed E-state index contributed by atoms with van der Waals surface area (Å²) in [6.07, 6.45) is 7.07. The van der Waals surface area contributed by atoms with Crippen LogP contribution in [0.25, 0.3) is 0 Å². The van der Waals surface area contributed by atoms with E-state index in [2.05, 4.69) is 32.9 Å². The van der Waals surface area contributed by atoms with Crippen LogP contribution in [0.15, 0.2) is 16.5 Å². The van der Waals surface area contributed by atoms with Crippen molar-refractivity contribution < 1.29 is 4.42 Å². The summed E-state index contributed by atoms with van der Waals surface area (Å²) in [6.45, 7) is 6.59. The van der Waals surface area contributed by atoms with E-state index in [4.69, 9.17) is 4.42 Å². The highest BCUT2D eigenvalue weighted by Gasteiger charge is 2.13. The lowest BCUT2D eigenvalue weighted by Crippen LogP contribution is -1.91. The topological polar surface area (TPSA) is 11.3 Å². The van der Waals surface area contributed by atoms with E-state index in [1.165, 1.54) is 31.2 Å². The van der Waals surface area contributed by atoms with Crippen LogP contribution >= 0.6 is 0 Å². The van der Waals surface area contributed by atoms with Gasteiger partial charge in [-0.1, -0.05) is 26.7 Å². The van der Waals surface area contributed by atoms with Crippen LogP contribution in [-0.2, 0) is 12.8 Å². The Morgan fingerprint density at radius 2 is 1.40 bits per heavy atom. The summed E-state index contributed by atoms with van der Waals surface area (Å²) in [5.41, 5.74) is 1.33. The fourth-order valence-electron chi connectivity index (χ4n) is 1.73. The van der Waals surface area contributed by atoms with Crippen LogP contribution in [0.1, 0.15) is 56.6 Å². The predicted octanol–water partition coefficient (Wildman–Crippen LogP) is 4.55. The molecular weight excluding hydrogens is 184 g/mol. The van der Waals surface area contributed by atoms with Gasteiger partial charge >= 0.3 is 11.5 Å². The van der Waals surface area contributed by atoms with Gasteiger partial charge < -0.3 is 0 Å². The molecule has 15 heavy (non-hydrogen) atoms. The first-order valence-electron chi connectivity index (χ1n) is 6.18. The van der Waals surface area contributed by atoms with Crippen molar-refractivity contribution >= 4 is 0 Å². The molecule has 0 saturated carbocycles. The Kier molecular flexibility index (Phi) is 5.38. The minimum atomic E-state index is 1.08. The highest BCUT2D eigenvalue weighted by Crippen LogP contribution is 2.14. The van der Waals surface area contributed by atoms with Crippen LogP contribution in [0, 0.1) is 6.92 Å². The van der Waals surface area contributed by atoms with Gasteiger partial charge in [0.2, 0.25) is 0 Å². The maximum atomic E-state index is 5.86. The summed E-state index contributed by atoms with van der Waals surface area (Å²) in [7, 11) is 0. The molecule has 0 radical (unpaired) electrons. The molecule has 0 spiro atoms. The minimum absolute atomic E-state index is 1.08. The lowest BCUT2D eigenvalue weighted by Gasteiger charge is -1.95. The monoisotopic (exact) mass is 207 g/mol. The SMILES string of the molecule is CCCCc1cc(C)cc(CCCC)[o+]1. The summed E-state index contributed by atoms with van der Waals surface area (Å²) in [4.78, 5) is 0. The molecule has 1 rings (SSSR count). The normalized spacial score (nSPS) is 10.6. The molecule has 0 aliphatic carbocycles. The second-order valence-corrected chi connectivity index (χ2v) is 4.27. The molecule has 1 aromatic rings. The standard InChI is InChI=1S/C14H23O/c1-4-6-8-13-10-12(3)11-14(15-13)9-7-5-2/h10-11H,4-9H2,1-3H3/q+1. The van der Waals surface area contributed by atoms with Crippen LogP contribution in [0.5, 0.6) is 0 Å². The molecule has 1 heterocycles. The molecule has 0 fully saturated rings. The van der Waals surface area contributed by atoms with Gasteiger partial charge in [0.1, 0.15) is 0 Å². The molecule has 0 unspecified atom stereocenters. The Morgan fingerprint density at radius 1 is 0.933 bits per heavy atom.